The summed E-state index contributed by atoms with van der Waals surface area (Å²) in [5.41, 5.74) is 5.63. The molecule has 2 aliphatic rings. The second-order valence-electron chi connectivity index (χ2n) is 7.47. The zero-order valence-electron chi connectivity index (χ0n) is 15.2. The van der Waals surface area contributed by atoms with Crippen molar-refractivity contribution in [2.45, 2.75) is 26.9 Å². The van der Waals surface area contributed by atoms with Gasteiger partial charge in [-0.1, -0.05) is 23.8 Å². The summed E-state index contributed by atoms with van der Waals surface area (Å²) >= 11 is 0. The topological polar surface area (TPSA) is 27.3 Å². The smallest absolute Gasteiger partial charge is 0.231 e. The predicted octanol–water partition coefficient (Wildman–Crippen LogP) is 0.516. The summed E-state index contributed by atoms with van der Waals surface area (Å²) in [4.78, 5) is 3.38. The van der Waals surface area contributed by atoms with E-state index in [-0.39, 0.29) is 0 Å². The van der Waals surface area contributed by atoms with E-state index < -0.39 is 0 Å². The van der Waals surface area contributed by atoms with E-state index in [0.717, 1.165) is 24.6 Å². The lowest BCUT2D eigenvalue weighted by atomic mass is 10.0. The van der Waals surface area contributed by atoms with Crippen LogP contribution in [0.4, 0.5) is 0 Å². The van der Waals surface area contributed by atoms with Crippen molar-refractivity contribution in [2.24, 2.45) is 0 Å². The molecule has 0 spiro atoms. The van der Waals surface area contributed by atoms with Crippen molar-refractivity contribution in [3.05, 3.63) is 58.7 Å². The van der Waals surface area contributed by atoms with Gasteiger partial charge in [-0.2, -0.15) is 0 Å². The second-order valence-corrected chi connectivity index (χ2v) is 7.47. The van der Waals surface area contributed by atoms with E-state index in [0.29, 0.717) is 6.79 Å². The third kappa shape index (κ3) is 3.80. The minimum absolute atomic E-state index is 0.353. The first-order valence-corrected chi connectivity index (χ1v) is 9.29. The molecule has 0 saturated carbocycles. The zero-order chi connectivity index (χ0) is 17.2. The zero-order valence-corrected chi connectivity index (χ0v) is 15.2. The molecular formula is C21H28N2O2+2. The van der Waals surface area contributed by atoms with Crippen LogP contribution in [0.5, 0.6) is 11.5 Å². The molecule has 0 unspecified atom stereocenters. The highest BCUT2D eigenvalue weighted by Crippen LogP contribution is 2.32. The maximum atomic E-state index is 5.50. The SMILES string of the molecule is Cc1ccc(C[NH+]2CC[NH+](Cc3ccc4c(c3)OCO4)CC2)c(C)c1. The predicted molar refractivity (Wildman–Crippen MR) is 97.3 cm³/mol. The Morgan fingerprint density at radius 1 is 0.800 bits per heavy atom. The number of aryl methyl sites for hydroxylation is 2. The number of benzene rings is 2. The Morgan fingerprint density at radius 3 is 2.28 bits per heavy atom. The summed E-state index contributed by atoms with van der Waals surface area (Å²) in [6.07, 6.45) is 0. The fourth-order valence-corrected chi connectivity index (χ4v) is 3.96. The number of rotatable bonds is 4. The van der Waals surface area contributed by atoms with Gasteiger partial charge in [0.25, 0.3) is 0 Å². The number of hydrogen-bond donors (Lipinski definition) is 2. The van der Waals surface area contributed by atoms with Gasteiger partial charge in [-0.05, 0) is 37.6 Å². The highest BCUT2D eigenvalue weighted by molar-refractivity contribution is 5.44. The quantitative estimate of drug-likeness (QED) is 0.849. The second kappa shape index (κ2) is 7.06. The molecule has 1 saturated heterocycles. The van der Waals surface area contributed by atoms with Crippen LogP contribution < -0.4 is 19.3 Å². The van der Waals surface area contributed by atoms with Gasteiger partial charge in [-0.15, -0.1) is 0 Å². The molecule has 4 heteroatoms. The largest absolute Gasteiger partial charge is 0.454 e. The summed E-state index contributed by atoms with van der Waals surface area (Å²) < 4.78 is 10.9. The molecule has 2 aromatic carbocycles. The van der Waals surface area contributed by atoms with Crippen LogP contribution in [0.2, 0.25) is 0 Å². The minimum atomic E-state index is 0.353. The fourth-order valence-electron chi connectivity index (χ4n) is 3.96. The standard InChI is InChI=1S/C21H26N2O2/c1-16-3-5-19(17(2)11-16)14-23-9-7-22(8-10-23)13-18-4-6-20-21(12-18)25-15-24-20/h3-6,11-12H,7-10,13-15H2,1-2H3/p+2. The molecule has 0 bridgehead atoms. The van der Waals surface area contributed by atoms with Gasteiger partial charge in [0.2, 0.25) is 6.79 Å². The van der Waals surface area contributed by atoms with E-state index in [2.05, 4.69) is 44.2 Å². The summed E-state index contributed by atoms with van der Waals surface area (Å²) in [6.45, 7) is 11.9. The van der Waals surface area contributed by atoms with E-state index in [1.54, 1.807) is 9.80 Å². The third-order valence-corrected chi connectivity index (χ3v) is 5.49. The van der Waals surface area contributed by atoms with Crippen LogP contribution >= 0.6 is 0 Å². The number of piperazine rings is 1. The summed E-state index contributed by atoms with van der Waals surface area (Å²) in [7, 11) is 0. The maximum absolute atomic E-state index is 5.50. The first-order chi connectivity index (χ1) is 12.2. The van der Waals surface area contributed by atoms with Gasteiger partial charge in [0.05, 0.1) is 0 Å². The van der Waals surface area contributed by atoms with Gasteiger partial charge in [-0.25, -0.2) is 0 Å². The van der Waals surface area contributed by atoms with Gasteiger partial charge in [0, 0.05) is 11.1 Å². The Balaban J connectivity index is 1.31. The number of nitrogens with one attached hydrogen (secondary N) is 2. The Kier molecular flexibility index (Phi) is 4.64. The van der Waals surface area contributed by atoms with Crippen molar-refractivity contribution in [2.75, 3.05) is 33.0 Å². The van der Waals surface area contributed by atoms with Crippen molar-refractivity contribution in [3.63, 3.8) is 0 Å². The number of ether oxygens (including phenoxy) is 2. The highest BCUT2D eigenvalue weighted by Gasteiger charge is 2.24. The Hall–Kier alpha value is -2.04. The van der Waals surface area contributed by atoms with Gasteiger partial charge >= 0.3 is 0 Å². The molecule has 2 N–H and O–H groups in total. The number of hydrogen-bond acceptors (Lipinski definition) is 2. The van der Waals surface area contributed by atoms with Gasteiger partial charge in [0.15, 0.2) is 11.5 Å². The molecule has 2 aromatic rings. The van der Waals surface area contributed by atoms with Crippen LogP contribution in [-0.2, 0) is 13.1 Å². The molecule has 1 fully saturated rings. The third-order valence-electron chi connectivity index (χ3n) is 5.49. The number of fused-ring (bicyclic) bond motifs is 1. The average Bonchev–Trinajstić information content (AvgIpc) is 3.07. The molecule has 2 heterocycles. The highest BCUT2D eigenvalue weighted by atomic mass is 16.7. The number of quaternary nitrogens is 2. The van der Waals surface area contributed by atoms with Crippen LogP contribution in [0.3, 0.4) is 0 Å². The first kappa shape index (κ1) is 16.4. The van der Waals surface area contributed by atoms with Crippen LogP contribution in [0.15, 0.2) is 36.4 Å². The lowest BCUT2D eigenvalue weighted by Gasteiger charge is -2.30. The normalized spacial score (nSPS) is 22.2. The van der Waals surface area contributed by atoms with Crippen molar-refractivity contribution >= 4 is 0 Å². The van der Waals surface area contributed by atoms with Crippen molar-refractivity contribution < 1.29 is 19.3 Å². The lowest BCUT2D eigenvalue weighted by Crippen LogP contribution is -3.27. The molecule has 2 aliphatic heterocycles. The fraction of sp³-hybridized carbons (Fsp3) is 0.429. The molecule has 132 valence electrons. The van der Waals surface area contributed by atoms with E-state index in [9.17, 15) is 0 Å². The summed E-state index contributed by atoms with van der Waals surface area (Å²) in [5.74, 6) is 1.78. The average molecular weight is 340 g/mol. The molecule has 4 rings (SSSR count). The van der Waals surface area contributed by atoms with E-state index >= 15 is 0 Å². The van der Waals surface area contributed by atoms with Gasteiger partial charge < -0.3 is 19.3 Å². The van der Waals surface area contributed by atoms with E-state index in [1.165, 1.54) is 48.4 Å². The van der Waals surface area contributed by atoms with Crippen molar-refractivity contribution in [3.8, 4) is 11.5 Å². The van der Waals surface area contributed by atoms with Crippen LogP contribution in [0, 0.1) is 13.8 Å². The molecular weight excluding hydrogens is 312 g/mol. The van der Waals surface area contributed by atoms with Crippen molar-refractivity contribution in [1.29, 1.82) is 0 Å². The monoisotopic (exact) mass is 340 g/mol. The van der Waals surface area contributed by atoms with E-state index in [1.807, 2.05) is 6.07 Å². The Morgan fingerprint density at radius 2 is 1.52 bits per heavy atom. The van der Waals surface area contributed by atoms with Gasteiger partial charge in [-0.3, -0.25) is 0 Å². The first-order valence-electron chi connectivity index (χ1n) is 9.29. The van der Waals surface area contributed by atoms with Crippen LogP contribution in [-0.4, -0.2) is 33.0 Å². The molecule has 0 amide bonds. The Labute approximate surface area is 150 Å². The maximum Gasteiger partial charge on any atom is 0.231 e. The Bertz CT molecular complexity index is 752. The molecule has 0 aromatic heterocycles. The van der Waals surface area contributed by atoms with Crippen LogP contribution in [0.25, 0.3) is 0 Å². The molecule has 0 aliphatic carbocycles. The molecule has 0 atom stereocenters. The van der Waals surface area contributed by atoms with Crippen LogP contribution in [0.1, 0.15) is 22.3 Å². The summed E-state index contributed by atoms with van der Waals surface area (Å²) in [5, 5.41) is 0. The summed E-state index contributed by atoms with van der Waals surface area (Å²) in [6, 6.07) is 13.2. The van der Waals surface area contributed by atoms with Crippen molar-refractivity contribution in [1.82, 2.24) is 0 Å². The minimum Gasteiger partial charge on any atom is -0.454 e. The van der Waals surface area contributed by atoms with Gasteiger partial charge in [0.1, 0.15) is 39.3 Å². The lowest BCUT2D eigenvalue weighted by molar-refractivity contribution is -1.02. The molecule has 25 heavy (non-hydrogen) atoms. The molecule has 0 radical (unpaired) electrons. The van der Waals surface area contributed by atoms with E-state index in [4.69, 9.17) is 9.47 Å². The molecule has 4 nitrogen and oxygen atoms in total.